The third-order valence-corrected chi connectivity index (χ3v) is 3.60. The Labute approximate surface area is 157 Å². The molecule has 0 unspecified atom stereocenters. The molecule has 0 spiro atoms. The van der Waals surface area contributed by atoms with Gasteiger partial charge in [-0.15, -0.1) is 6.42 Å². The van der Waals surface area contributed by atoms with Crippen LogP contribution in [0.1, 0.15) is 5.56 Å². The number of methoxy groups -OCH3 is 2. The first kappa shape index (κ1) is 18.5. The molecule has 0 amide bonds. The van der Waals surface area contributed by atoms with Gasteiger partial charge in [-0.2, -0.15) is 0 Å². The molecule has 0 aliphatic carbocycles. The molecule has 138 valence electrons. The summed E-state index contributed by atoms with van der Waals surface area (Å²) in [5.74, 6) is 4.06. The van der Waals surface area contributed by atoms with Crippen molar-refractivity contribution in [2.24, 2.45) is 0 Å². The highest BCUT2D eigenvalue weighted by atomic mass is 16.7. The molecule has 0 bridgehead atoms. The first-order valence-corrected chi connectivity index (χ1v) is 8.11. The van der Waals surface area contributed by atoms with Gasteiger partial charge in [0, 0.05) is 43.1 Å². The van der Waals surface area contributed by atoms with Crippen LogP contribution in [0.2, 0.25) is 0 Å². The van der Waals surface area contributed by atoms with E-state index in [9.17, 15) is 0 Å². The van der Waals surface area contributed by atoms with Gasteiger partial charge in [0.15, 0.2) is 25.1 Å². The smallest absolute Gasteiger partial charge is 0.227 e. The van der Waals surface area contributed by atoms with Crippen molar-refractivity contribution in [2.75, 3.05) is 33.1 Å². The molecule has 7 nitrogen and oxygen atoms in total. The van der Waals surface area contributed by atoms with Gasteiger partial charge in [0.25, 0.3) is 0 Å². The normalized spacial score (nSPS) is 10.4. The average molecular weight is 365 g/mol. The Bertz CT molecular complexity index is 969. The fourth-order valence-corrected chi connectivity index (χ4v) is 2.39. The van der Waals surface area contributed by atoms with Gasteiger partial charge in [-0.05, 0) is 24.3 Å². The van der Waals surface area contributed by atoms with Crippen LogP contribution in [-0.2, 0) is 9.47 Å². The Morgan fingerprint density at radius 1 is 1.04 bits per heavy atom. The third-order valence-electron chi connectivity index (χ3n) is 3.60. The van der Waals surface area contributed by atoms with E-state index in [1.54, 1.807) is 32.5 Å². The summed E-state index contributed by atoms with van der Waals surface area (Å²) >= 11 is 0. The minimum absolute atomic E-state index is 0.0872. The van der Waals surface area contributed by atoms with Crippen LogP contribution in [-0.4, -0.2) is 37.8 Å². The van der Waals surface area contributed by atoms with Gasteiger partial charge in [-0.1, -0.05) is 12.0 Å². The molecule has 7 heteroatoms. The number of hydrogen-bond acceptors (Lipinski definition) is 7. The number of ether oxygens (including phenoxy) is 4. The SMILES string of the molecule is C#Cc1cccc(Nc2ncc3cc(OCOC)c(OCOC)cc3n2)c1. The summed E-state index contributed by atoms with van der Waals surface area (Å²) in [4.78, 5) is 8.88. The van der Waals surface area contributed by atoms with Crippen LogP contribution < -0.4 is 14.8 Å². The molecule has 0 saturated heterocycles. The molecule has 0 atom stereocenters. The lowest BCUT2D eigenvalue weighted by molar-refractivity contribution is 0.0324. The predicted molar refractivity (Wildman–Crippen MR) is 102 cm³/mol. The molecule has 0 saturated carbocycles. The van der Waals surface area contributed by atoms with Crippen molar-refractivity contribution in [3.63, 3.8) is 0 Å². The summed E-state index contributed by atoms with van der Waals surface area (Å²) in [6, 6.07) is 11.0. The number of fused-ring (bicyclic) bond motifs is 1. The van der Waals surface area contributed by atoms with Gasteiger partial charge >= 0.3 is 0 Å². The van der Waals surface area contributed by atoms with E-state index in [0.717, 1.165) is 16.6 Å². The summed E-state index contributed by atoms with van der Waals surface area (Å²) in [5.41, 5.74) is 2.27. The molecule has 0 aliphatic rings. The van der Waals surface area contributed by atoms with Crippen molar-refractivity contribution in [3.05, 3.63) is 48.2 Å². The van der Waals surface area contributed by atoms with Crippen molar-refractivity contribution >= 4 is 22.5 Å². The Morgan fingerprint density at radius 3 is 2.48 bits per heavy atom. The van der Waals surface area contributed by atoms with Crippen LogP contribution in [0.15, 0.2) is 42.6 Å². The van der Waals surface area contributed by atoms with Crippen molar-refractivity contribution in [1.29, 1.82) is 0 Å². The van der Waals surface area contributed by atoms with Gasteiger partial charge in [0.1, 0.15) is 0 Å². The lowest BCUT2D eigenvalue weighted by Crippen LogP contribution is -2.05. The second-order valence-corrected chi connectivity index (χ2v) is 5.50. The summed E-state index contributed by atoms with van der Waals surface area (Å²) in [6.07, 6.45) is 7.14. The lowest BCUT2D eigenvalue weighted by atomic mass is 10.2. The third kappa shape index (κ3) is 4.64. The quantitative estimate of drug-likeness (QED) is 0.485. The summed E-state index contributed by atoms with van der Waals surface area (Å²) in [5, 5.41) is 3.95. The number of nitrogens with zero attached hydrogens (tertiary/aromatic N) is 2. The van der Waals surface area contributed by atoms with E-state index in [2.05, 4.69) is 21.2 Å². The average Bonchev–Trinajstić information content (AvgIpc) is 2.70. The lowest BCUT2D eigenvalue weighted by Gasteiger charge is -2.13. The van der Waals surface area contributed by atoms with Gasteiger partial charge in [-0.25, -0.2) is 9.97 Å². The Balaban J connectivity index is 1.92. The van der Waals surface area contributed by atoms with Crippen molar-refractivity contribution in [3.8, 4) is 23.8 Å². The summed E-state index contributed by atoms with van der Waals surface area (Å²) in [7, 11) is 3.10. The van der Waals surface area contributed by atoms with E-state index in [-0.39, 0.29) is 13.6 Å². The molecule has 3 rings (SSSR count). The van der Waals surface area contributed by atoms with Gasteiger partial charge < -0.3 is 24.3 Å². The minimum atomic E-state index is 0.0872. The molecule has 3 aromatic rings. The molecule has 27 heavy (non-hydrogen) atoms. The van der Waals surface area contributed by atoms with Crippen LogP contribution in [0.3, 0.4) is 0 Å². The number of terminal acetylenes is 1. The maximum Gasteiger partial charge on any atom is 0.227 e. The first-order chi connectivity index (χ1) is 13.2. The van der Waals surface area contributed by atoms with Crippen LogP contribution >= 0.6 is 0 Å². The maximum absolute atomic E-state index is 5.57. The molecular formula is C20H19N3O4. The molecule has 1 heterocycles. The van der Waals surface area contributed by atoms with Crippen LogP contribution in [0, 0.1) is 12.3 Å². The highest BCUT2D eigenvalue weighted by Crippen LogP contribution is 2.32. The number of nitrogens with one attached hydrogen (secondary N) is 1. The van der Waals surface area contributed by atoms with Gasteiger partial charge in [0.2, 0.25) is 5.95 Å². The van der Waals surface area contributed by atoms with Crippen molar-refractivity contribution in [1.82, 2.24) is 9.97 Å². The van der Waals surface area contributed by atoms with Crippen molar-refractivity contribution in [2.45, 2.75) is 0 Å². The molecular weight excluding hydrogens is 346 g/mol. The molecule has 1 N–H and O–H groups in total. The maximum atomic E-state index is 5.57. The van der Waals surface area contributed by atoms with E-state index >= 15 is 0 Å². The Hall–Kier alpha value is -3.34. The summed E-state index contributed by atoms with van der Waals surface area (Å²) in [6.45, 7) is 0.185. The second-order valence-electron chi connectivity index (χ2n) is 5.50. The monoisotopic (exact) mass is 365 g/mol. The zero-order valence-corrected chi connectivity index (χ0v) is 15.1. The first-order valence-electron chi connectivity index (χ1n) is 8.11. The Kier molecular flexibility index (Phi) is 6.05. The number of aromatic nitrogens is 2. The van der Waals surface area contributed by atoms with E-state index < -0.39 is 0 Å². The molecule has 2 aromatic carbocycles. The summed E-state index contributed by atoms with van der Waals surface area (Å²) < 4.78 is 21.1. The largest absolute Gasteiger partial charge is 0.464 e. The van der Waals surface area contributed by atoms with Crippen LogP contribution in [0.25, 0.3) is 10.9 Å². The Morgan fingerprint density at radius 2 is 1.78 bits per heavy atom. The predicted octanol–water partition coefficient (Wildman–Crippen LogP) is 3.32. The topological polar surface area (TPSA) is 74.7 Å². The zero-order chi connectivity index (χ0) is 19.1. The van der Waals surface area contributed by atoms with E-state index in [1.165, 1.54) is 0 Å². The van der Waals surface area contributed by atoms with Gasteiger partial charge in [0.05, 0.1) is 5.52 Å². The standard InChI is InChI=1S/C20H19N3O4/c1-4-14-6-5-7-16(8-14)22-20-21-11-15-9-18(26-12-24-2)19(27-13-25-3)10-17(15)23-20/h1,5-11H,12-13H2,2-3H3,(H,21,22,23). The van der Waals surface area contributed by atoms with Crippen molar-refractivity contribution < 1.29 is 18.9 Å². The minimum Gasteiger partial charge on any atom is -0.464 e. The molecule has 0 aliphatic heterocycles. The van der Waals surface area contributed by atoms with E-state index in [0.29, 0.717) is 23.0 Å². The second kappa shape index (κ2) is 8.85. The fourth-order valence-electron chi connectivity index (χ4n) is 2.39. The van der Waals surface area contributed by atoms with Gasteiger partial charge in [-0.3, -0.25) is 0 Å². The van der Waals surface area contributed by atoms with E-state index in [1.807, 2.05) is 24.3 Å². The molecule has 0 fully saturated rings. The highest BCUT2D eigenvalue weighted by Gasteiger charge is 2.10. The number of benzene rings is 2. The van der Waals surface area contributed by atoms with Crippen LogP contribution in [0.5, 0.6) is 11.5 Å². The highest BCUT2D eigenvalue weighted by molar-refractivity contribution is 5.83. The molecule has 1 aromatic heterocycles. The number of hydrogen-bond donors (Lipinski definition) is 1. The van der Waals surface area contributed by atoms with E-state index in [4.69, 9.17) is 25.4 Å². The molecule has 0 radical (unpaired) electrons. The van der Waals surface area contributed by atoms with Crippen LogP contribution in [0.4, 0.5) is 11.6 Å². The zero-order valence-electron chi connectivity index (χ0n) is 15.1. The number of rotatable bonds is 8. The fraction of sp³-hybridized carbons (Fsp3) is 0.200. The number of anilines is 2.